The molecule has 0 spiro atoms. The fourth-order valence-corrected chi connectivity index (χ4v) is 3.16. The molecule has 1 amide bonds. The summed E-state index contributed by atoms with van der Waals surface area (Å²) >= 11 is 5.98. The van der Waals surface area contributed by atoms with Gasteiger partial charge in [-0.05, 0) is 36.2 Å². The topological polar surface area (TPSA) is 66.5 Å². The van der Waals surface area contributed by atoms with Gasteiger partial charge in [0, 0.05) is 49.5 Å². The predicted octanol–water partition coefficient (Wildman–Crippen LogP) is 2.45. The van der Waals surface area contributed by atoms with Crippen LogP contribution in [0.15, 0.2) is 42.6 Å². The number of anilines is 1. The van der Waals surface area contributed by atoms with Crippen LogP contribution in [0.2, 0.25) is 5.02 Å². The number of nitrogens with one attached hydrogen (secondary N) is 2. The van der Waals surface area contributed by atoms with Crippen molar-refractivity contribution in [2.75, 3.05) is 51.3 Å². The van der Waals surface area contributed by atoms with Crippen molar-refractivity contribution in [1.82, 2.24) is 15.2 Å². The third-order valence-corrected chi connectivity index (χ3v) is 4.68. The van der Waals surface area contributed by atoms with Gasteiger partial charge in [0.2, 0.25) is 0 Å². The third-order valence-electron chi connectivity index (χ3n) is 4.45. The van der Waals surface area contributed by atoms with E-state index in [0.29, 0.717) is 22.9 Å². The van der Waals surface area contributed by atoms with E-state index in [1.54, 1.807) is 18.3 Å². The number of hydrogen-bond acceptors (Lipinski definition) is 5. The van der Waals surface area contributed by atoms with Gasteiger partial charge in [0.1, 0.15) is 5.82 Å². The zero-order chi connectivity index (χ0) is 18.9. The summed E-state index contributed by atoms with van der Waals surface area (Å²) in [4.78, 5) is 19.0. The average molecular weight is 389 g/mol. The van der Waals surface area contributed by atoms with Crippen LogP contribution in [0.1, 0.15) is 15.9 Å². The lowest BCUT2D eigenvalue weighted by Crippen LogP contribution is -2.39. The van der Waals surface area contributed by atoms with Gasteiger partial charge in [-0.1, -0.05) is 23.7 Å². The Morgan fingerprint density at radius 2 is 2.04 bits per heavy atom. The van der Waals surface area contributed by atoms with Crippen molar-refractivity contribution in [2.24, 2.45) is 0 Å². The van der Waals surface area contributed by atoms with Crippen LogP contribution in [0.4, 0.5) is 5.82 Å². The van der Waals surface area contributed by atoms with Crippen LogP contribution in [0.3, 0.4) is 0 Å². The maximum absolute atomic E-state index is 12.4. The molecular weight excluding hydrogens is 364 g/mol. The van der Waals surface area contributed by atoms with Gasteiger partial charge >= 0.3 is 0 Å². The molecule has 144 valence electrons. The van der Waals surface area contributed by atoms with Crippen LogP contribution >= 0.6 is 11.6 Å². The molecule has 0 radical (unpaired) electrons. The maximum atomic E-state index is 12.4. The van der Waals surface area contributed by atoms with Gasteiger partial charge in [-0.15, -0.1) is 0 Å². The molecule has 0 atom stereocenters. The molecule has 7 heteroatoms. The van der Waals surface area contributed by atoms with Crippen LogP contribution < -0.4 is 10.6 Å². The fraction of sp³-hybridized carbons (Fsp3) is 0.400. The molecule has 6 nitrogen and oxygen atoms in total. The molecule has 0 unspecified atom stereocenters. The third kappa shape index (κ3) is 6.50. The summed E-state index contributed by atoms with van der Waals surface area (Å²) in [6.45, 7) is 5.79. The molecule has 2 aromatic rings. The fourth-order valence-electron chi connectivity index (χ4n) is 2.95. The van der Waals surface area contributed by atoms with Gasteiger partial charge < -0.3 is 15.4 Å². The Morgan fingerprint density at radius 3 is 2.85 bits per heavy atom. The Labute approximate surface area is 164 Å². The number of carbonyl (C=O) groups is 1. The summed E-state index contributed by atoms with van der Waals surface area (Å²) in [5, 5.41) is 6.94. The summed E-state index contributed by atoms with van der Waals surface area (Å²) < 4.78 is 5.35. The molecule has 1 saturated heterocycles. The second-order valence-corrected chi connectivity index (χ2v) is 6.88. The zero-order valence-corrected chi connectivity index (χ0v) is 16.0. The number of halogens is 1. The van der Waals surface area contributed by atoms with Gasteiger partial charge in [-0.25, -0.2) is 4.98 Å². The highest BCUT2D eigenvalue weighted by Gasteiger charge is 2.10. The van der Waals surface area contributed by atoms with Crippen molar-refractivity contribution < 1.29 is 9.53 Å². The highest BCUT2D eigenvalue weighted by Crippen LogP contribution is 2.11. The first-order valence-corrected chi connectivity index (χ1v) is 9.61. The minimum Gasteiger partial charge on any atom is -0.379 e. The number of morpholine rings is 1. The number of amides is 1. The molecule has 2 heterocycles. The van der Waals surface area contributed by atoms with E-state index in [4.69, 9.17) is 16.3 Å². The first-order valence-electron chi connectivity index (χ1n) is 9.23. The van der Waals surface area contributed by atoms with E-state index in [1.165, 1.54) is 0 Å². The van der Waals surface area contributed by atoms with Gasteiger partial charge in [-0.3, -0.25) is 9.69 Å². The van der Waals surface area contributed by atoms with E-state index in [-0.39, 0.29) is 5.91 Å². The molecule has 1 fully saturated rings. The Bertz CT molecular complexity index is 750. The standard InChI is InChI=1S/C20H25ClN4O2/c21-18-3-1-2-16(14-18)4-6-24-20(26)17-5-7-22-19(15-17)23-8-9-25-10-12-27-13-11-25/h1-3,5,7,14-15H,4,6,8-13H2,(H,22,23)(H,24,26). The van der Waals surface area contributed by atoms with Gasteiger partial charge in [-0.2, -0.15) is 0 Å². The van der Waals surface area contributed by atoms with Gasteiger partial charge in [0.15, 0.2) is 0 Å². The Morgan fingerprint density at radius 1 is 1.19 bits per heavy atom. The largest absolute Gasteiger partial charge is 0.379 e. The van der Waals surface area contributed by atoms with Crippen molar-refractivity contribution >= 4 is 23.3 Å². The Balaban J connectivity index is 1.43. The van der Waals surface area contributed by atoms with Crippen LogP contribution in [0.25, 0.3) is 0 Å². The number of pyridine rings is 1. The molecular formula is C20H25ClN4O2. The first-order chi connectivity index (χ1) is 13.2. The van der Waals surface area contributed by atoms with E-state index >= 15 is 0 Å². The van der Waals surface area contributed by atoms with Crippen molar-refractivity contribution in [3.8, 4) is 0 Å². The second kappa shape index (κ2) is 10.3. The van der Waals surface area contributed by atoms with Crippen LogP contribution in [0, 0.1) is 0 Å². The van der Waals surface area contributed by atoms with E-state index < -0.39 is 0 Å². The average Bonchev–Trinajstić information content (AvgIpc) is 2.69. The van der Waals surface area contributed by atoms with E-state index in [9.17, 15) is 4.79 Å². The van der Waals surface area contributed by atoms with E-state index in [2.05, 4.69) is 20.5 Å². The quantitative estimate of drug-likeness (QED) is 0.727. The molecule has 1 aliphatic rings. The molecule has 3 rings (SSSR count). The Kier molecular flexibility index (Phi) is 7.45. The van der Waals surface area contributed by atoms with Crippen molar-refractivity contribution in [1.29, 1.82) is 0 Å². The minimum absolute atomic E-state index is 0.101. The molecule has 27 heavy (non-hydrogen) atoms. The highest BCUT2D eigenvalue weighted by molar-refractivity contribution is 6.30. The molecule has 1 aromatic carbocycles. The zero-order valence-electron chi connectivity index (χ0n) is 15.3. The first kappa shape index (κ1) is 19.6. The minimum atomic E-state index is -0.101. The number of aromatic nitrogens is 1. The van der Waals surface area contributed by atoms with E-state index in [0.717, 1.165) is 51.4 Å². The lowest BCUT2D eigenvalue weighted by molar-refractivity contribution is 0.0398. The Hall–Kier alpha value is -2.15. The van der Waals surface area contributed by atoms with Crippen molar-refractivity contribution in [3.05, 3.63) is 58.7 Å². The second-order valence-electron chi connectivity index (χ2n) is 6.45. The predicted molar refractivity (Wildman–Crippen MR) is 107 cm³/mol. The summed E-state index contributed by atoms with van der Waals surface area (Å²) in [6, 6.07) is 11.2. The number of rotatable bonds is 8. The SMILES string of the molecule is O=C(NCCc1cccc(Cl)c1)c1ccnc(NCCN2CCOCC2)c1. The van der Waals surface area contributed by atoms with Gasteiger partial charge in [0.25, 0.3) is 5.91 Å². The van der Waals surface area contributed by atoms with Gasteiger partial charge in [0.05, 0.1) is 13.2 Å². The smallest absolute Gasteiger partial charge is 0.251 e. The highest BCUT2D eigenvalue weighted by atomic mass is 35.5. The molecule has 0 saturated carbocycles. The lowest BCUT2D eigenvalue weighted by Gasteiger charge is -2.26. The number of ether oxygens (including phenoxy) is 1. The number of nitrogens with zero attached hydrogens (tertiary/aromatic N) is 2. The van der Waals surface area contributed by atoms with E-state index in [1.807, 2.05) is 24.3 Å². The summed E-state index contributed by atoms with van der Waals surface area (Å²) in [6.07, 6.45) is 2.39. The molecule has 0 bridgehead atoms. The molecule has 2 N–H and O–H groups in total. The monoisotopic (exact) mass is 388 g/mol. The summed E-state index contributed by atoms with van der Waals surface area (Å²) in [5.74, 6) is 0.612. The van der Waals surface area contributed by atoms with Crippen LogP contribution in [-0.4, -0.2) is 61.7 Å². The lowest BCUT2D eigenvalue weighted by atomic mass is 10.1. The number of benzene rings is 1. The number of carbonyl (C=O) groups excluding carboxylic acids is 1. The van der Waals surface area contributed by atoms with Crippen LogP contribution in [0.5, 0.6) is 0 Å². The molecule has 1 aromatic heterocycles. The summed E-state index contributed by atoms with van der Waals surface area (Å²) in [5.41, 5.74) is 1.70. The molecule has 1 aliphatic heterocycles. The normalized spacial score (nSPS) is 14.7. The van der Waals surface area contributed by atoms with Crippen molar-refractivity contribution in [3.63, 3.8) is 0 Å². The number of hydrogen-bond donors (Lipinski definition) is 2. The van der Waals surface area contributed by atoms with Crippen molar-refractivity contribution in [2.45, 2.75) is 6.42 Å². The molecule has 0 aliphatic carbocycles. The maximum Gasteiger partial charge on any atom is 0.251 e. The summed E-state index contributed by atoms with van der Waals surface area (Å²) in [7, 11) is 0. The van der Waals surface area contributed by atoms with Crippen LogP contribution in [-0.2, 0) is 11.2 Å².